The number of aromatic nitrogens is 2. The molecule has 1 aromatic heterocycles. The zero-order valence-electron chi connectivity index (χ0n) is 22.7. The number of anilines is 3. The molecule has 0 radical (unpaired) electrons. The van der Waals surface area contributed by atoms with Gasteiger partial charge < -0.3 is 25.2 Å². The Morgan fingerprint density at radius 2 is 1.90 bits per heavy atom. The molecule has 3 heterocycles. The molecule has 1 aliphatic carbocycles. The molecule has 9 heteroatoms. The number of amides is 2. The van der Waals surface area contributed by atoms with E-state index in [0.717, 1.165) is 65.7 Å². The number of hydrogen-bond donors (Lipinski definition) is 2. The van der Waals surface area contributed by atoms with Gasteiger partial charge in [0.1, 0.15) is 11.9 Å². The number of nitrogens with zero attached hydrogens (tertiary/aromatic N) is 4. The van der Waals surface area contributed by atoms with Gasteiger partial charge in [0.15, 0.2) is 0 Å². The number of benzene rings is 2. The number of carbonyl (C=O) groups excluding carboxylic acids is 2. The summed E-state index contributed by atoms with van der Waals surface area (Å²) in [6.45, 7) is 5.90. The number of hydrogen-bond acceptors (Lipinski definition) is 6. The van der Waals surface area contributed by atoms with Gasteiger partial charge in [0.05, 0.1) is 24.1 Å². The second-order valence-electron chi connectivity index (χ2n) is 11.0. The average Bonchev–Trinajstić information content (AvgIpc) is 3.72. The van der Waals surface area contributed by atoms with Crippen molar-refractivity contribution in [3.63, 3.8) is 0 Å². The molecule has 2 amide bonds. The Morgan fingerprint density at radius 1 is 1.10 bits per heavy atom. The van der Waals surface area contributed by atoms with E-state index in [-0.39, 0.29) is 18.1 Å². The number of para-hydroxylation sites is 2. The van der Waals surface area contributed by atoms with E-state index in [2.05, 4.69) is 20.6 Å². The van der Waals surface area contributed by atoms with Gasteiger partial charge in [0, 0.05) is 44.4 Å². The predicted molar refractivity (Wildman–Crippen MR) is 150 cm³/mol. The summed E-state index contributed by atoms with van der Waals surface area (Å²) in [4.78, 5) is 30.6. The molecule has 1 saturated carbocycles. The number of likely N-dealkylation sites (tertiary alicyclic amines) is 1. The quantitative estimate of drug-likeness (QED) is 0.481. The molecule has 0 spiro atoms. The van der Waals surface area contributed by atoms with Crippen LogP contribution in [0.3, 0.4) is 0 Å². The number of ether oxygens (including phenoxy) is 1. The van der Waals surface area contributed by atoms with Crippen LogP contribution in [-0.2, 0) is 24.9 Å². The lowest BCUT2D eigenvalue weighted by Gasteiger charge is -2.31. The highest BCUT2D eigenvalue weighted by Crippen LogP contribution is 2.36. The lowest BCUT2D eigenvalue weighted by atomic mass is 10.0. The van der Waals surface area contributed by atoms with Crippen LogP contribution in [0, 0.1) is 12.8 Å². The maximum absolute atomic E-state index is 13.8. The molecule has 2 aliphatic heterocycles. The summed E-state index contributed by atoms with van der Waals surface area (Å²) in [7, 11) is 1.89. The topological polar surface area (TPSA) is 91.7 Å². The van der Waals surface area contributed by atoms with Crippen molar-refractivity contribution in [3.05, 3.63) is 70.9 Å². The van der Waals surface area contributed by atoms with E-state index in [4.69, 9.17) is 4.74 Å². The normalized spacial score (nSPS) is 17.5. The summed E-state index contributed by atoms with van der Waals surface area (Å²) in [6.07, 6.45) is 5.92. The van der Waals surface area contributed by atoms with Crippen LogP contribution in [0.15, 0.2) is 48.7 Å². The minimum absolute atomic E-state index is 0.0199. The van der Waals surface area contributed by atoms with Crippen molar-refractivity contribution in [3.8, 4) is 0 Å². The van der Waals surface area contributed by atoms with Crippen molar-refractivity contribution < 1.29 is 14.3 Å². The Bertz CT molecular complexity index is 1370. The third kappa shape index (κ3) is 5.63. The Morgan fingerprint density at radius 3 is 2.67 bits per heavy atom. The molecule has 1 saturated heterocycles. The molecule has 6 rings (SSSR count). The van der Waals surface area contributed by atoms with Crippen LogP contribution in [0.2, 0.25) is 0 Å². The van der Waals surface area contributed by atoms with Gasteiger partial charge in [-0.3, -0.25) is 9.48 Å². The van der Waals surface area contributed by atoms with Gasteiger partial charge in [0.2, 0.25) is 0 Å². The molecular formula is C30H36N6O3. The number of fused-ring (bicyclic) bond motifs is 2. The van der Waals surface area contributed by atoms with Crippen LogP contribution in [0.25, 0.3) is 0 Å². The first-order valence-corrected chi connectivity index (χ1v) is 13.9. The molecule has 204 valence electrons. The Balaban J connectivity index is 1.08. The van der Waals surface area contributed by atoms with E-state index in [1.165, 1.54) is 19.4 Å². The van der Waals surface area contributed by atoms with E-state index in [1.54, 1.807) is 15.8 Å². The van der Waals surface area contributed by atoms with Gasteiger partial charge in [0.25, 0.3) is 5.91 Å². The monoisotopic (exact) mass is 528 g/mol. The fraction of sp³-hybridized carbons (Fsp3) is 0.433. The Labute approximate surface area is 229 Å². The predicted octanol–water partition coefficient (Wildman–Crippen LogP) is 4.73. The van der Waals surface area contributed by atoms with Crippen LogP contribution in [0.4, 0.5) is 22.0 Å². The second kappa shape index (κ2) is 10.7. The summed E-state index contributed by atoms with van der Waals surface area (Å²) in [6, 6.07) is 13.5. The number of nitrogens with one attached hydrogen (secondary N) is 2. The van der Waals surface area contributed by atoms with Crippen molar-refractivity contribution in [2.45, 2.75) is 51.8 Å². The standard InChI is InChI=1S/C30H36N6O3/c1-20-15-22(16-31-30(38)39-24-11-13-35(14-12-24)18-21-7-8-21)9-10-25(20)29(37)36-19-23-17-32-34(2)28(23)33-26-5-3-4-6-27(26)36/h3-6,9-10,15,17,21,24,33H,7-8,11-14,16,18-19H2,1-2H3,(H,31,38). The largest absolute Gasteiger partial charge is 0.446 e. The van der Waals surface area contributed by atoms with Gasteiger partial charge in [-0.05, 0) is 67.9 Å². The molecule has 0 bridgehead atoms. The number of alkyl carbamates (subject to hydrolysis) is 1. The summed E-state index contributed by atoms with van der Waals surface area (Å²) in [5, 5.41) is 10.7. The van der Waals surface area contributed by atoms with Crippen LogP contribution in [-0.4, -0.2) is 52.4 Å². The number of rotatable bonds is 6. The fourth-order valence-electron chi connectivity index (χ4n) is 5.60. The smallest absolute Gasteiger partial charge is 0.407 e. The third-order valence-electron chi connectivity index (χ3n) is 8.02. The van der Waals surface area contributed by atoms with Crippen molar-refractivity contribution in [2.24, 2.45) is 13.0 Å². The van der Waals surface area contributed by atoms with Crippen LogP contribution in [0.1, 0.15) is 52.7 Å². The van der Waals surface area contributed by atoms with Crippen LogP contribution in [0.5, 0.6) is 0 Å². The van der Waals surface area contributed by atoms with Crippen LogP contribution >= 0.6 is 0 Å². The lowest BCUT2D eigenvalue weighted by molar-refractivity contribution is 0.0493. The van der Waals surface area contributed by atoms with Crippen molar-refractivity contribution in [1.29, 1.82) is 0 Å². The van der Waals surface area contributed by atoms with Crippen molar-refractivity contribution in [2.75, 3.05) is 29.9 Å². The SMILES string of the molecule is Cc1cc(CNC(=O)OC2CCN(CC3CC3)CC2)ccc1C(=O)N1Cc2cnn(C)c2Nc2ccccc21. The first-order chi connectivity index (χ1) is 18.9. The summed E-state index contributed by atoms with van der Waals surface area (Å²) >= 11 is 0. The first kappa shape index (κ1) is 25.4. The highest BCUT2D eigenvalue weighted by atomic mass is 16.6. The van der Waals surface area contributed by atoms with Gasteiger partial charge in [-0.1, -0.05) is 24.3 Å². The van der Waals surface area contributed by atoms with Crippen molar-refractivity contribution >= 4 is 29.2 Å². The Hall–Kier alpha value is -3.85. The molecule has 9 nitrogen and oxygen atoms in total. The Kier molecular flexibility index (Phi) is 6.99. The zero-order chi connectivity index (χ0) is 26.9. The molecule has 3 aromatic rings. The van der Waals surface area contributed by atoms with E-state index in [0.29, 0.717) is 18.7 Å². The second-order valence-corrected chi connectivity index (χ2v) is 11.0. The minimum Gasteiger partial charge on any atom is -0.446 e. The number of piperidine rings is 1. The maximum atomic E-state index is 13.8. The molecule has 39 heavy (non-hydrogen) atoms. The highest BCUT2D eigenvalue weighted by molar-refractivity contribution is 6.09. The van der Waals surface area contributed by atoms with Gasteiger partial charge in [-0.25, -0.2) is 4.79 Å². The zero-order valence-corrected chi connectivity index (χ0v) is 22.7. The molecule has 2 N–H and O–H groups in total. The molecule has 3 aliphatic rings. The highest BCUT2D eigenvalue weighted by Gasteiger charge is 2.29. The summed E-state index contributed by atoms with van der Waals surface area (Å²) in [5.74, 6) is 1.69. The molecule has 2 fully saturated rings. The molecule has 0 atom stereocenters. The van der Waals surface area contributed by atoms with E-state index in [1.807, 2.05) is 56.4 Å². The first-order valence-electron chi connectivity index (χ1n) is 13.9. The average molecular weight is 529 g/mol. The molecular weight excluding hydrogens is 492 g/mol. The molecule has 2 aromatic carbocycles. The molecule has 0 unspecified atom stereocenters. The van der Waals surface area contributed by atoms with E-state index >= 15 is 0 Å². The number of aryl methyl sites for hydroxylation is 2. The number of carbonyl (C=O) groups is 2. The van der Waals surface area contributed by atoms with Gasteiger partial charge >= 0.3 is 6.09 Å². The van der Waals surface area contributed by atoms with Crippen molar-refractivity contribution in [1.82, 2.24) is 20.0 Å². The lowest BCUT2D eigenvalue weighted by Crippen LogP contribution is -2.40. The third-order valence-corrected chi connectivity index (χ3v) is 8.02. The van der Waals surface area contributed by atoms with Gasteiger partial charge in [-0.15, -0.1) is 0 Å². The maximum Gasteiger partial charge on any atom is 0.407 e. The summed E-state index contributed by atoms with van der Waals surface area (Å²) in [5.41, 5.74) is 5.04. The van der Waals surface area contributed by atoms with Gasteiger partial charge in [-0.2, -0.15) is 5.10 Å². The summed E-state index contributed by atoms with van der Waals surface area (Å²) < 4.78 is 7.47. The fourth-order valence-corrected chi connectivity index (χ4v) is 5.60. The van der Waals surface area contributed by atoms with E-state index in [9.17, 15) is 9.59 Å². The minimum atomic E-state index is -0.380. The van der Waals surface area contributed by atoms with E-state index < -0.39 is 0 Å². The van der Waals surface area contributed by atoms with Crippen LogP contribution < -0.4 is 15.5 Å².